The van der Waals surface area contributed by atoms with Crippen molar-refractivity contribution >= 4 is 36.2 Å². The Kier molecular flexibility index (Phi) is 10.8. The molecule has 0 radical (unpaired) electrons. The maximum Gasteiger partial charge on any atom is 0.494 e. The van der Waals surface area contributed by atoms with Crippen molar-refractivity contribution in [3.8, 4) is 11.4 Å². The Morgan fingerprint density at radius 3 is 2.16 bits per heavy atom. The zero-order valence-corrected chi connectivity index (χ0v) is 29.5. The number of ether oxygens (including phenoxy) is 1. The van der Waals surface area contributed by atoms with E-state index in [1.54, 1.807) is 24.3 Å². The van der Waals surface area contributed by atoms with Crippen LogP contribution in [0.2, 0.25) is 0 Å². The molecule has 262 valence electrons. The monoisotopic (exact) mass is 673 g/mol. The average Bonchev–Trinajstić information content (AvgIpc) is 3.65. The summed E-state index contributed by atoms with van der Waals surface area (Å²) >= 11 is 0. The van der Waals surface area contributed by atoms with Gasteiger partial charge in [-0.05, 0) is 126 Å². The highest BCUT2D eigenvalue weighted by atomic mass is 16.7. The Bertz CT molecular complexity index is 1570. The first-order valence-electron chi connectivity index (χ1n) is 17.0. The summed E-state index contributed by atoms with van der Waals surface area (Å²) in [6.07, 6.45) is 2.77. The molecule has 1 saturated heterocycles. The first kappa shape index (κ1) is 36.0. The van der Waals surface area contributed by atoms with Gasteiger partial charge in [-0.1, -0.05) is 24.3 Å². The molecule has 0 bridgehead atoms. The number of carbonyl (C=O) groups excluding carboxylic acids is 3. The third-order valence-corrected chi connectivity index (χ3v) is 9.50. The summed E-state index contributed by atoms with van der Waals surface area (Å²) < 4.78 is 17.7. The number of aromatic amines is 1. The summed E-state index contributed by atoms with van der Waals surface area (Å²) in [4.78, 5) is 39.4. The molecule has 1 aromatic heterocycles. The van der Waals surface area contributed by atoms with E-state index >= 15 is 0 Å². The fourth-order valence-electron chi connectivity index (χ4n) is 5.92. The maximum atomic E-state index is 13.7. The van der Waals surface area contributed by atoms with Crippen molar-refractivity contribution in [3.05, 3.63) is 54.1 Å². The van der Waals surface area contributed by atoms with Gasteiger partial charge in [0.05, 0.1) is 11.2 Å². The number of nitrogens with zero attached hydrogens (tertiary/aromatic N) is 3. The molecule has 3 aromatic rings. The Labute approximate surface area is 288 Å². The van der Waals surface area contributed by atoms with Crippen molar-refractivity contribution < 1.29 is 28.4 Å². The number of H-pyrrole nitrogens is 1. The lowest BCUT2D eigenvalue weighted by molar-refractivity contribution is -0.130. The molecule has 1 aliphatic heterocycles. The average molecular weight is 674 g/mol. The van der Waals surface area contributed by atoms with E-state index < -0.39 is 36.1 Å². The van der Waals surface area contributed by atoms with Crippen LogP contribution >= 0.6 is 0 Å². The van der Waals surface area contributed by atoms with Crippen molar-refractivity contribution in [2.75, 3.05) is 11.9 Å². The number of hydrogen-bond acceptors (Lipinski definition) is 9. The molecule has 4 N–H and O–H groups in total. The van der Waals surface area contributed by atoms with Crippen molar-refractivity contribution in [2.45, 2.75) is 103 Å². The van der Waals surface area contributed by atoms with Crippen LogP contribution in [0.1, 0.15) is 79.7 Å². The van der Waals surface area contributed by atoms with Gasteiger partial charge in [0.25, 0.3) is 0 Å². The molecule has 0 spiro atoms. The minimum atomic E-state index is -0.820. The largest absolute Gasteiger partial charge is 0.494 e. The van der Waals surface area contributed by atoms with E-state index in [9.17, 15) is 14.4 Å². The number of tetrazole rings is 1. The van der Waals surface area contributed by atoms with Gasteiger partial charge in [0.2, 0.25) is 11.8 Å². The van der Waals surface area contributed by atoms with E-state index in [1.807, 2.05) is 72.7 Å². The van der Waals surface area contributed by atoms with Gasteiger partial charge in [-0.2, -0.15) is 0 Å². The fraction of sp³-hybridized carbons (Fsp3) is 0.543. The summed E-state index contributed by atoms with van der Waals surface area (Å²) in [5.41, 5.74) is 1.64. The summed E-state index contributed by atoms with van der Waals surface area (Å²) in [5.74, 6) is 0.0678. The van der Waals surface area contributed by atoms with Crippen molar-refractivity contribution in [1.29, 1.82) is 0 Å². The van der Waals surface area contributed by atoms with Crippen LogP contribution in [0.3, 0.4) is 0 Å². The van der Waals surface area contributed by atoms with Crippen molar-refractivity contribution in [3.63, 3.8) is 0 Å². The number of benzene rings is 2. The number of hydrogen-bond donors (Lipinski definition) is 4. The molecule has 1 atom stereocenters. The Hall–Kier alpha value is -4.30. The van der Waals surface area contributed by atoms with Crippen LogP contribution in [0.15, 0.2) is 48.5 Å². The number of carbonyl (C=O) groups is 3. The van der Waals surface area contributed by atoms with Gasteiger partial charge < -0.3 is 30.0 Å². The molecule has 49 heavy (non-hydrogen) atoms. The van der Waals surface area contributed by atoms with Gasteiger partial charge in [-0.15, -0.1) is 5.10 Å². The van der Waals surface area contributed by atoms with Crippen LogP contribution in [0.5, 0.6) is 0 Å². The molecular weight excluding hydrogens is 625 g/mol. The lowest BCUT2D eigenvalue weighted by atomic mass is 9.78. The van der Waals surface area contributed by atoms with E-state index in [0.717, 1.165) is 29.4 Å². The van der Waals surface area contributed by atoms with Gasteiger partial charge in [0.15, 0.2) is 5.82 Å². The molecule has 14 heteroatoms. The number of rotatable bonds is 10. The second-order valence-electron chi connectivity index (χ2n) is 15.0. The summed E-state index contributed by atoms with van der Waals surface area (Å²) in [5, 5.41) is 22.7. The van der Waals surface area contributed by atoms with E-state index in [2.05, 4.69) is 36.6 Å². The minimum Gasteiger partial charge on any atom is -0.444 e. The Balaban J connectivity index is 1.23. The van der Waals surface area contributed by atoms with Crippen LogP contribution in [0, 0.1) is 11.8 Å². The fourth-order valence-corrected chi connectivity index (χ4v) is 5.92. The number of anilines is 1. The number of amides is 3. The molecule has 1 saturated carbocycles. The van der Waals surface area contributed by atoms with Gasteiger partial charge in [0.1, 0.15) is 11.6 Å². The van der Waals surface area contributed by atoms with Crippen molar-refractivity contribution in [2.24, 2.45) is 11.8 Å². The van der Waals surface area contributed by atoms with Gasteiger partial charge >= 0.3 is 13.2 Å². The highest BCUT2D eigenvalue weighted by Gasteiger charge is 2.51. The maximum absolute atomic E-state index is 13.7. The Morgan fingerprint density at radius 1 is 0.959 bits per heavy atom. The molecule has 1 aliphatic carbocycles. The summed E-state index contributed by atoms with van der Waals surface area (Å²) in [6.45, 7) is 14.0. The van der Waals surface area contributed by atoms with Crippen LogP contribution in [-0.4, -0.2) is 75.0 Å². The Morgan fingerprint density at radius 2 is 1.59 bits per heavy atom. The summed E-state index contributed by atoms with van der Waals surface area (Å²) in [7, 11) is -0.497. The standard InChI is InChI=1S/C35H48BN7O6/c1-33(2,3)47-32(46)37-21-23-8-12-25(13-9-23)30(44)39-28(31(45)38-27-18-14-24(15-19-27)29-40-42-43-41-29)20-22-10-16-26(17-11-22)36-48-34(4,5)35(6,7)49-36/h10-11,14-19,23,25,28H,8-9,12-13,20-21H2,1-7H3,(H,37,46)(H,38,45)(H,39,44)(H,40,41,42,43)/t23?,25?,28-/m0/s1. The lowest BCUT2D eigenvalue weighted by Crippen LogP contribution is -2.48. The molecule has 3 amide bonds. The number of nitrogens with one attached hydrogen (secondary N) is 4. The summed E-state index contributed by atoms with van der Waals surface area (Å²) in [6, 6.07) is 14.1. The molecule has 2 aromatic carbocycles. The first-order valence-corrected chi connectivity index (χ1v) is 17.0. The molecule has 2 heterocycles. The number of alkyl carbamates (subject to hydrolysis) is 1. The topological polar surface area (TPSA) is 169 Å². The molecule has 5 rings (SSSR count). The molecule has 2 aliphatic rings. The minimum absolute atomic E-state index is 0.152. The normalized spacial score (nSPS) is 20.7. The SMILES string of the molecule is CC(C)(C)OC(=O)NCC1CCC(C(=O)N[C@@H](Cc2ccc(B3OC(C)(C)C(C)(C)O3)cc2)C(=O)Nc2ccc(-c3nnn[nH]3)cc2)CC1. The zero-order chi connectivity index (χ0) is 35.4. The van der Waals surface area contributed by atoms with Gasteiger partial charge in [0, 0.05) is 30.1 Å². The van der Waals surface area contributed by atoms with E-state index in [0.29, 0.717) is 30.9 Å². The van der Waals surface area contributed by atoms with E-state index in [1.165, 1.54) is 0 Å². The van der Waals surface area contributed by atoms with Crippen LogP contribution in [0.4, 0.5) is 10.5 Å². The van der Waals surface area contributed by atoms with Crippen LogP contribution < -0.4 is 21.4 Å². The molecule has 0 unspecified atom stereocenters. The number of aromatic nitrogens is 4. The predicted molar refractivity (Wildman–Crippen MR) is 186 cm³/mol. The molecule has 13 nitrogen and oxygen atoms in total. The third kappa shape index (κ3) is 9.45. The van der Waals surface area contributed by atoms with Gasteiger partial charge in [-0.25, -0.2) is 9.89 Å². The zero-order valence-electron chi connectivity index (χ0n) is 29.5. The van der Waals surface area contributed by atoms with E-state index in [4.69, 9.17) is 14.0 Å². The van der Waals surface area contributed by atoms with Crippen LogP contribution in [0.25, 0.3) is 11.4 Å². The quantitative estimate of drug-likeness (QED) is 0.231. The third-order valence-electron chi connectivity index (χ3n) is 9.50. The smallest absolute Gasteiger partial charge is 0.444 e. The first-order chi connectivity index (χ1) is 23.1. The second-order valence-corrected chi connectivity index (χ2v) is 15.0. The van der Waals surface area contributed by atoms with Crippen LogP contribution in [-0.2, 0) is 30.1 Å². The van der Waals surface area contributed by atoms with E-state index in [-0.39, 0.29) is 30.1 Å². The van der Waals surface area contributed by atoms with Crippen molar-refractivity contribution in [1.82, 2.24) is 31.3 Å². The lowest BCUT2D eigenvalue weighted by Gasteiger charge is -2.32. The highest BCUT2D eigenvalue weighted by Crippen LogP contribution is 2.36. The second kappa shape index (κ2) is 14.7. The highest BCUT2D eigenvalue weighted by molar-refractivity contribution is 6.62. The molecule has 2 fully saturated rings. The van der Waals surface area contributed by atoms with Gasteiger partial charge in [-0.3, -0.25) is 9.59 Å². The predicted octanol–water partition coefficient (Wildman–Crippen LogP) is 4.16. The molecular formula is C35H48BN7O6.